The first kappa shape index (κ1) is 12.3. The first-order valence-electron chi connectivity index (χ1n) is 5.47. The van der Waals surface area contributed by atoms with Crippen molar-refractivity contribution in [1.29, 1.82) is 0 Å². The Balaban J connectivity index is 2.20. The maximum Gasteiger partial charge on any atom is 0.259 e. The van der Waals surface area contributed by atoms with Crippen molar-refractivity contribution in [2.24, 2.45) is 0 Å². The third-order valence-electron chi connectivity index (χ3n) is 2.89. The third-order valence-corrected chi connectivity index (χ3v) is 3.32. The minimum atomic E-state index is -0.817. The zero-order chi connectivity index (χ0) is 12.4. The van der Waals surface area contributed by atoms with E-state index in [1.54, 1.807) is 0 Å². The number of alkyl halides is 1. The number of hydrogen-bond acceptors (Lipinski definition) is 1. The number of nitrogens with zero attached hydrogens (tertiary/aromatic N) is 1. The molecule has 0 unspecified atom stereocenters. The molecule has 0 saturated carbocycles. The second-order valence-corrected chi connectivity index (χ2v) is 4.68. The van der Waals surface area contributed by atoms with Crippen molar-refractivity contribution in [3.63, 3.8) is 0 Å². The monoisotopic (exact) mass is 259 g/mol. The lowest BCUT2D eigenvalue weighted by atomic mass is 10.1. The van der Waals surface area contributed by atoms with E-state index in [2.05, 4.69) is 0 Å². The Morgan fingerprint density at radius 3 is 2.29 bits per heavy atom. The number of carbonyl (C=O) groups excluding carboxylic acids is 1. The summed E-state index contributed by atoms with van der Waals surface area (Å²) in [4.78, 5) is 13.4. The zero-order valence-electron chi connectivity index (χ0n) is 9.13. The van der Waals surface area contributed by atoms with Crippen molar-refractivity contribution in [3.8, 4) is 0 Å². The lowest BCUT2D eigenvalue weighted by molar-refractivity contribution is 0.0716. The van der Waals surface area contributed by atoms with Crippen LogP contribution < -0.4 is 0 Å². The highest BCUT2D eigenvalue weighted by atomic mass is 35.5. The van der Waals surface area contributed by atoms with Crippen LogP contribution in [0.2, 0.25) is 0 Å². The Morgan fingerprint density at radius 2 is 1.76 bits per heavy atom. The molecule has 1 saturated heterocycles. The van der Waals surface area contributed by atoms with Crippen LogP contribution in [-0.4, -0.2) is 29.3 Å². The third kappa shape index (κ3) is 2.57. The number of hydrogen-bond donors (Lipinski definition) is 0. The summed E-state index contributed by atoms with van der Waals surface area (Å²) in [5.74, 6) is -2.23. The molecular weight excluding hydrogens is 248 g/mol. The number of likely N-dealkylation sites (tertiary alicyclic amines) is 1. The van der Waals surface area contributed by atoms with E-state index in [9.17, 15) is 13.6 Å². The fourth-order valence-electron chi connectivity index (χ4n) is 1.91. The molecule has 1 aliphatic heterocycles. The molecule has 0 N–H and O–H groups in total. The molecule has 0 atom stereocenters. The van der Waals surface area contributed by atoms with Crippen molar-refractivity contribution in [2.45, 2.75) is 18.2 Å². The minimum absolute atomic E-state index is 0.0458. The number of benzene rings is 1. The molecule has 0 aromatic heterocycles. The van der Waals surface area contributed by atoms with Crippen LogP contribution in [0, 0.1) is 11.6 Å². The number of piperidine rings is 1. The molecule has 1 heterocycles. The molecule has 1 aromatic rings. The Labute approximate surface area is 103 Å². The maximum absolute atomic E-state index is 13.4. The molecule has 5 heteroatoms. The fourth-order valence-corrected chi connectivity index (χ4v) is 2.11. The first-order chi connectivity index (χ1) is 8.09. The summed E-state index contributed by atoms with van der Waals surface area (Å²) in [5, 5.41) is 0.0458. The van der Waals surface area contributed by atoms with Gasteiger partial charge in [0.25, 0.3) is 5.91 Å². The molecule has 2 rings (SSSR count). The van der Waals surface area contributed by atoms with Crippen molar-refractivity contribution in [1.82, 2.24) is 4.90 Å². The van der Waals surface area contributed by atoms with E-state index in [1.807, 2.05) is 0 Å². The van der Waals surface area contributed by atoms with Gasteiger partial charge in [-0.2, -0.15) is 0 Å². The minimum Gasteiger partial charge on any atom is -0.338 e. The summed E-state index contributed by atoms with van der Waals surface area (Å²) in [6.07, 6.45) is 1.31. The van der Waals surface area contributed by atoms with Crippen LogP contribution >= 0.6 is 11.6 Å². The van der Waals surface area contributed by atoms with Gasteiger partial charge in [0.05, 0.1) is 0 Å². The fraction of sp³-hybridized carbons (Fsp3) is 0.417. The summed E-state index contributed by atoms with van der Waals surface area (Å²) in [6, 6.07) is 3.42. The van der Waals surface area contributed by atoms with Gasteiger partial charge in [0, 0.05) is 18.5 Å². The molecule has 0 aliphatic carbocycles. The smallest absolute Gasteiger partial charge is 0.259 e. The van der Waals surface area contributed by atoms with Crippen LogP contribution in [0.1, 0.15) is 23.2 Å². The summed E-state index contributed by atoms with van der Waals surface area (Å²) >= 11 is 5.91. The van der Waals surface area contributed by atoms with Crippen LogP contribution in [0.5, 0.6) is 0 Å². The molecule has 0 bridgehead atoms. The highest BCUT2D eigenvalue weighted by Gasteiger charge is 2.26. The van der Waals surface area contributed by atoms with Crippen molar-refractivity contribution in [3.05, 3.63) is 35.4 Å². The van der Waals surface area contributed by atoms with Gasteiger partial charge in [-0.3, -0.25) is 4.79 Å². The average Bonchev–Trinajstić information content (AvgIpc) is 2.29. The molecule has 0 spiro atoms. The Morgan fingerprint density at radius 1 is 1.24 bits per heavy atom. The Kier molecular flexibility index (Phi) is 3.62. The van der Waals surface area contributed by atoms with E-state index in [1.165, 1.54) is 11.0 Å². The van der Waals surface area contributed by atoms with Gasteiger partial charge >= 0.3 is 0 Å². The molecule has 1 fully saturated rings. The molecule has 1 aromatic carbocycles. The van der Waals surface area contributed by atoms with E-state index in [0.717, 1.165) is 12.1 Å². The standard InChI is InChI=1S/C12H12ClF2NO/c13-8-4-6-16(7-5-8)12(17)11-9(14)2-1-3-10(11)15/h1-3,8H,4-7H2. The molecule has 0 radical (unpaired) electrons. The van der Waals surface area contributed by atoms with Crippen LogP contribution in [0.4, 0.5) is 8.78 Å². The van der Waals surface area contributed by atoms with Gasteiger partial charge in [-0.05, 0) is 25.0 Å². The largest absolute Gasteiger partial charge is 0.338 e. The number of rotatable bonds is 1. The molecule has 2 nitrogen and oxygen atoms in total. The summed E-state index contributed by atoms with van der Waals surface area (Å²) in [6.45, 7) is 0.890. The van der Waals surface area contributed by atoms with E-state index < -0.39 is 23.1 Å². The highest BCUT2D eigenvalue weighted by molar-refractivity contribution is 6.20. The molecule has 1 aliphatic rings. The van der Waals surface area contributed by atoms with Gasteiger partial charge in [0.1, 0.15) is 17.2 Å². The average molecular weight is 260 g/mol. The zero-order valence-corrected chi connectivity index (χ0v) is 9.88. The van der Waals surface area contributed by atoms with Crippen molar-refractivity contribution >= 4 is 17.5 Å². The number of amides is 1. The molecule has 17 heavy (non-hydrogen) atoms. The van der Waals surface area contributed by atoms with Crippen LogP contribution in [0.3, 0.4) is 0 Å². The van der Waals surface area contributed by atoms with Gasteiger partial charge in [-0.1, -0.05) is 6.07 Å². The predicted molar refractivity (Wildman–Crippen MR) is 61.1 cm³/mol. The van der Waals surface area contributed by atoms with Gasteiger partial charge in [-0.15, -0.1) is 11.6 Å². The normalized spacial score (nSPS) is 17.2. The Hall–Kier alpha value is -1.16. The van der Waals surface area contributed by atoms with Crippen LogP contribution in [0.25, 0.3) is 0 Å². The number of halogens is 3. The molecule has 1 amide bonds. The Bertz CT molecular complexity index is 410. The van der Waals surface area contributed by atoms with Gasteiger partial charge in [0.15, 0.2) is 0 Å². The second kappa shape index (κ2) is 5.00. The lowest BCUT2D eigenvalue weighted by Crippen LogP contribution is -2.39. The maximum atomic E-state index is 13.4. The van der Waals surface area contributed by atoms with Crippen LogP contribution in [-0.2, 0) is 0 Å². The van der Waals surface area contributed by atoms with E-state index >= 15 is 0 Å². The first-order valence-corrected chi connectivity index (χ1v) is 5.90. The number of carbonyl (C=O) groups is 1. The highest BCUT2D eigenvalue weighted by Crippen LogP contribution is 2.20. The second-order valence-electron chi connectivity index (χ2n) is 4.06. The summed E-state index contributed by atoms with van der Waals surface area (Å²) in [5.41, 5.74) is -0.472. The van der Waals surface area contributed by atoms with E-state index in [0.29, 0.717) is 25.9 Å². The summed E-state index contributed by atoms with van der Waals surface area (Å²) in [7, 11) is 0. The topological polar surface area (TPSA) is 20.3 Å². The van der Waals surface area contributed by atoms with Crippen molar-refractivity contribution in [2.75, 3.05) is 13.1 Å². The summed E-state index contributed by atoms with van der Waals surface area (Å²) < 4.78 is 26.8. The predicted octanol–water partition coefficient (Wildman–Crippen LogP) is 2.81. The SMILES string of the molecule is O=C(c1c(F)cccc1F)N1CCC(Cl)CC1. The lowest BCUT2D eigenvalue weighted by Gasteiger charge is -2.29. The molecular formula is C12H12ClF2NO. The van der Waals surface area contributed by atoms with Gasteiger partial charge in [-0.25, -0.2) is 8.78 Å². The van der Waals surface area contributed by atoms with E-state index in [-0.39, 0.29) is 5.38 Å². The molecule has 92 valence electrons. The van der Waals surface area contributed by atoms with Crippen molar-refractivity contribution < 1.29 is 13.6 Å². The van der Waals surface area contributed by atoms with Gasteiger partial charge in [0.2, 0.25) is 0 Å². The quantitative estimate of drug-likeness (QED) is 0.710. The van der Waals surface area contributed by atoms with Gasteiger partial charge < -0.3 is 4.90 Å². The van der Waals surface area contributed by atoms with E-state index in [4.69, 9.17) is 11.6 Å². The van der Waals surface area contributed by atoms with Crippen LogP contribution in [0.15, 0.2) is 18.2 Å².